The highest BCUT2D eigenvalue weighted by Crippen LogP contribution is 2.23. The maximum absolute atomic E-state index is 8.63. The monoisotopic (exact) mass is 212 g/mol. The second-order valence-corrected chi connectivity index (χ2v) is 3.11. The van der Waals surface area contributed by atoms with Crippen molar-refractivity contribution in [2.45, 2.75) is 6.92 Å². The number of benzene rings is 1. The van der Waals surface area contributed by atoms with E-state index in [-0.39, 0.29) is 6.61 Å². The van der Waals surface area contributed by atoms with Gasteiger partial charge in [-0.05, 0) is 30.7 Å². The molecule has 76 valence electrons. The van der Waals surface area contributed by atoms with Crippen LogP contribution in [0.2, 0.25) is 5.02 Å². The lowest BCUT2D eigenvalue weighted by molar-refractivity contribution is 0.340. The Morgan fingerprint density at radius 1 is 1.50 bits per heavy atom. The summed E-state index contributed by atoms with van der Waals surface area (Å²) in [6, 6.07) is 5.45. The maximum atomic E-state index is 8.63. The molecule has 1 aromatic rings. The average Bonchev–Trinajstić information content (AvgIpc) is 2.19. The summed E-state index contributed by atoms with van der Waals surface area (Å²) in [7, 11) is 0. The summed E-state index contributed by atoms with van der Waals surface area (Å²) < 4.78 is 5.33. The van der Waals surface area contributed by atoms with E-state index in [1.165, 1.54) is 0 Å². The molecule has 0 saturated heterocycles. The smallest absolute Gasteiger partial charge is 0.119 e. The Hall–Kier alpha value is -0.990. The Morgan fingerprint density at radius 3 is 2.93 bits per heavy atom. The van der Waals surface area contributed by atoms with Gasteiger partial charge in [-0.3, -0.25) is 0 Å². The first-order valence-electron chi connectivity index (χ1n) is 4.47. The predicted octanol–water partition coefficient (Wildman–Crippen LogP) is 2.74. The molecule has 0 aliphatic rings. The molecule has 0 amide bonds. The fraction of sp³-hybridized carbons (Fsp3) is 0.273. The van der Waals surface area contributed by atoms with Crippen molar-refractivity contribution < 1.29 is 9.84 Å². The molecule has 3 heteroatoms. The molecule has 0 unspecified atom stereocenters. The van der Waals surface area contributed by atoms with E-state index in [0.29, 0.717) is 11.6 Å². The Kier molecular flexibility index (Phi) is 4.50. The lowest BCUT2D eigenvalue weighted by Gasteiger charge is -2.04. The fourth-order valence-electron chi connectivity index (χ4n) is 1.09. The highest BCUT2D eigenvalue weighted by molar-refractivity contribution is 6.32. The molecule has 1 N–H and O–H groups in total. The van der Waals surface area contributed by atoms with E-state index in [1.807, 2.05) is 19.1 Å². The Bertz CT molecular complexity index is 321. The zero-order chi connectivity index (χ0) is 10.4. The van der Waals surface area contributed by atoms with Crippen molar-refractivity contribution in [2.24, 2.45) is 0 Å². The zero-order valence-corrected chi connectivity index (χ0v) is 8.79. The van der Waals surface area contributed by atoms with Crippen molar-refractivity contribution in [3.8, 4) is 5.75 Å². The van der Waals surface area contributed by atoms with Crippen LogP contribution in [0.25, 0.3) is 6.08 Å². The second kappa shape index (κ2) is 5.68. The molecular weight excluding hydrogens is 200 g/mol. The molecule has 0 aromatic heterocycles. The van der Waals surface area contributed by atoms with Gasteiger partial charge >= 0.3 is 0 Å². The third kappa shape index (κ3) is 3.05. The second-order valence-electron chi connectivity index (χ2n) is 2.70. The number of ether oxygens (including phenoxy) is 1. The largest absolute Gasteiger partial charge is 0.494 e. The lowest BCUT2D eigenvalue weighted by Crippen LogP contribution is -1.91. The first kappa shape index (κ1) is 11.1. The van der Waals surface area contributed by atoms with Crippen LogP contribution >= 0.6 is 11.6 Å². The zero-order valence-electron chi connectivity index (χ0n) is 8.03. The molecule has 0 aliphatic carbocycles. The number of hydrogen-bond acceptors (Lipinski definition) is 2. The van der Waals surface area contributed by atoms with Crippen LogP contribution in [-0.4, -0.2) is 18.3 Å². The van der Waals surface area contributed by atoms with E-state index in [1.54, 1.807) is 18.2 Å². The van der Waals surface area contributed by atoms with E-state index in [0.717, 1.165) is 11.3 Å². The van der Waals surface area contributed by atoms with Crippen molar-refractivity contribution in [1.29, 1.82) is 0 Å². The molecule has 2 nitrogen and oxygen atoms in total. The minimum absolute atomic E-state index is 0.00912. The van der Waals surface area contributed by atoms with E-state index in [4.69, 9.17) is 21.4 Å². The Labute approximate surface area is 88.8 Å². The van der Waals surface area contributed by atoms with Gasteiger partial charge in [0.15, 0.2) is 0 Å². The number of aliphatic hydroxyl groups excluding tert-OH is 1. The topological polar surface area (TPSA) is 29.5 Å². The summed E-state index contributed by atoms with van der Waals surface area (Å²) in [5.41, 5.74) is 0.853. The van der Waals surface area contributed by atoms with Crippen molar-refractivity contribution in [3.05, 3.63) is 34.9 Å². The molecule has 0 aliphatic heterocycles. The molecule has 0 atom stereocenters. The number of rotatable bonds is 4. The molecule has 0 radical (unpaired) electrons. The molecule has 0 fully saturated rings. The van der Waals surface area contributed by atoms with Crippen molar-refractivity contribution >= 4 is 17.7 Å². The SMILES string of the molecule is CCOc1ccc(Cl)c(/C=C/CO)c1. The van der Waals surface area contributed by atoms with Gasteiger partial charge in [-0.25, -0.2) is 0 Å². The number of hydrogen-bond donors (Lipinski definition) is 1. The van der Waals surface area contributed by atoms with E-state index in [2.05, 4.69) is 0 Å². The Morgan fingerprint density at radius 2 is 2.29 bits per heavy atom. The molecular formula is C11H13ClO2. The van der Waals surface area contributed by atoms with Crippen molar-refractivity contribution in [3.63, 3.8) is 0 Å². The standard InChI is InChI=1S/C11H13ClO2/c1-2-14-10-5-6-11(12)9(8-10)4-3-7-13/h3-6,8,13H,2,7H2,1H3/b4-3+. The van der Waals surface area contributed by atoms with Crippen LogP contribution in [0.1, 0.15) is 12.5 Å². The quantitative estimate of drug-likeness (QED) is 0.832. The minimum Gasteiger partial charge on any atom is -0.494 e. The summed E-state index contributed by atoms with van der Waals surface area (Å²) in [5, 5.41) is 9.28. The summed E-state index contributed by atoms with van der Waals surface area (Å²) in [4.78, 5) is 0. The lowest BCUT2D eigenvalue weighted by atomic mass is 10.2. The predicted molar refractivity (Wildman–Crippen MR) is 58.7 cm³/mol. The van der Waals surface area contributed by atoms with Crippen molar-refractivity contribution in [1.82, 2.24) is 0 Å². The average molecular weight is 213 g/mol. The van der Waals surface area contributed by atoms with E-state index < -0.39 is 0 Å². The molecule has 1 aromatic carbocycles. The van der Waals surface area contributed by atoms with Crippen LogP contribution in [-0.2, 0) is 0 Å². The number of aliphatic hydroxyl groups is 1. The fourth-order valence-corrected chi connectivity index (χ4v) is 1.27. The molecule has 14 heavy (non-hydrogen) atoms. The van der Waals surface area contributed by atoms with Crippen LogP contribution in [0.3, 0.4) is 0 Å². The van der Waals surface area contributed by atoms with Gasteiger partial charge < -0.3 is 9.84 Å². The highest BCUT2D eigenvalue weighted by atomic mass is 35.5. The summed E-state index contributed by atoms with van der Waals surface area (Å²) >= 11 is 5.94. The number of halogens is 1. The van der Waals surface area contributed by atoms with Gasteiger partial charge in [0.1, 0.15) is 5.75 Å². The normalized spacial score (nSPS) is 10.8. The Balaban J connectivity index is 2.90. The molecule has 0 saturated carbocycles. The van der Waals surface area contributed by atoms with Crippen LogP contribution in [0.5, 0.6) is 5.75 Å². The van der Waals surface area contributed by atoms with E-state index in [9.17, 15) is 0 Å². The maximum Gasteiger partial charge on any atom is 0.119 e. The van der Waals surface area contributed by atoms with Gasteiger partial charge in [-0.1, -0.05) is 23.8 Å². The minimum atomic E-state index is 0.00912. The third-order valence-electron chi connectivity index (χ3n) is 1.68. The molecule has 0 spiro atoms. The van der Waals surface area contributed by atoms with Gasteiger partial charge in [0.25, 0.3) is 0 Å². The first-order chi connectivity index (χ1) is 6.77. The van der Waals surface area contributed by atoms with Gasteiger partial charge in [-0.15, -0.1) is 0 Å². The first-order valence-corrected chi connectivity index (χ1v) is 4.85. The highest BCUT2D eigenvalue weighted by Gasteiger charge is 1.98. The van der Waals surface area contributed by atoms with Crippen LogP contribution in [0, 0.1) is 0 Å². The molecule has 0 heterocycles. The summed E-state index contributed by atoms with van der Waals surface area (Å²) in [5.74, 6) is 0.787. The van der Waals surface area contributed by atoms with E-state index >= 15 is 0 Å². The van der Waals surface area contributed by atoms with Gasteiger partial charge in [0, 0.05) is 5.02 Å². The van der Waals surface area contributed by atoms with Gasteiger partial charge in [-0.2, -0.15) is 0 Å². The molecule has 1 rings (SSSR count). The van der Waals surface area contributed by atoms with Gasteiger partial charge in [0.2, 0.25) is 0 Å². The van der Waals surface area contributed by atoms with Crippen molar-refractivity contribution in [2.75, 3.05) is 13.2 Å². The summed E-state index contributed by atoms with van der Waals surface area (Å²) in [6.45, 7) is 2.57. The van der Waals surface area contributed by atoms with Gasteiger partial charge in [0.05, 0.1) is 13.2 Å². The van der Waals surface area contributed by atoms with Crippen LogP contribution < -0.4 is 4.74 Å². The van der Waals surface area contributed by atoms with Crippen LogP contribution in [0.15, 0.2) is 24.3 Å². The van der Waals surface area contributed by atoms with Crippen LogP contribution in [0.4, 0.5) is 0 Å². The third-order valence-corrected chi connectivity index (χ3v) is 2.03. The molecule has 0 bridgehead atoms. The summed E-state index contributed by atoms with van der Waals surface area (Å²) in [6.07, 6.45) is 3.40.